The number of phenols is 2. The van der Waals surface area contributed by atoms with Gasteiger partial charge in [-0.15, -0.1) is 20.5 Å². The first-order chi connectivity index (χ1) is 24.3. The molecule has 0 atom stereocenters. The number of hydrogen-bond donors (Lipinski definition) is 6. The highest BCUT2D eigenvalue weighted by Crippen LogP contribution is 2.47. The lowest BCUT2D eigenvalue weighted by molar-refractivity contribution is 0.471. The van der Waals surface area contributed by atoms with Crippen LogP contribution in [0.1, 0.15) is 0 Å². The van der Waals surface area contributed by atoms with Crippen LogP contribution in [0.4, 0.5) is 34.1 Å². The number of nitrogen functional groups attached to an aromatic ring is 2. The molecule has 20 heteroatoms. The zero-order chi connectivity index (χ0) is 37.9. The van der Waals surface area contributed by atoms with Crippen molar-refractivity contribution in [2.24, 2.45) is 20.5 Å². The fourth-order valence-electron chi connectivity index (χ4n) is 5.17. The van der Waals surface area contributed by atoms with E-state index < -0.39 is 52.9 Å². The summed E-state index contributed by atoms with van der Waals surface area (Å²) in [5, 5.41) is 39.2. The highest BCUT2D eigenvalue weighted by atomic mass is 79.9. The molecule has 0 radical (unpaired) electrons. The molecule has 0 saturated carbocycles. The smallest absolute Gasteiger partial charge is 0.296 e. The summed E-state index contributed by atoms with van der Waals surface area (Å²) in [6, 6.07) is 17.9. The predicted octanol–water partition coefficient (Wildman–Crippen LogP) is 10.6. The molecule has 266 valence electrons. The predicted molar refractivity (Wildman–Crippen MR) is 211 cm³/mol. The average Bonchev–Trinajstić information content (AvgIpc) is 3.04. The fourth-order valence-corrected chi connectivity index (χ4v) is 9.18. The summed E-state index contributed by atoms with van der Waals surface area (Å²) in [6.07, 6.45) is 0. The molecule has 14 nitrogen and oxygen atoms in total. The van der Waals surface area contributed by atoms with Crippen LogP contribution in [0.5, 0.6) is 11.5 Å². The molecule has 0 fully saturated rings. The first kappa shape index (κ1) is 37.7. The molecule has 52 heavy (non-hydrogen) atoms. The van der Waals surface area contributed by atoms with Crippen molar-refractivity contribution in [3.63, 3.8) is 0 Å². The van der Waals surface area contributed by atoms with Crippen molar-refractivity contribution < 1.29 is 36.2 Å². The highest BCUT2D eigenvalue weighted by molar-refractivity contribution is 9.11. The topological polar surface area (TPSA) is 251 Å². The Morgan fingerprint density at radius 1 is 0.481 bits per heavy atom. The van der Waals surface area contributed by atoms with Crippen LogP contribution in [-0.2, 0) is 20.2 Å². The van der Waals surface area contributed by atoms with Crippen LogP contribution in [-0.4, -0.2) is 36.2 Å². The molecule has 6 aromatic carbocycles. The van der Waals surface area contributed by atoms with Gasteiger partial charge in [0.2, 0.25) is 0 Å². The Balaban J connectivity index is 1.37. The van der Waals surface area contributed by atoms with Crippen molar-refractivity contribution in [3.05, 3.63) is 90.7 Å². The van der Waals surface area contributed by atoms with Crippen molar-refractivity contribution in [2.75, 3.05) is 11.5 Å². The summed E-state index contributed by atoms with van der Waals surface area (Å²) in [6.45, 7) is 0. The number of phenolic OH excluding ortho intramolecular Hbond substituents is 2. The van der Waals surface area contributed by atoms with Crippen molar-refractivity contribution >= 4 is 140 Å². The second-order valence-electron chi connectivity index (χ2n) is 11.0. The second kappa shape index (κ2) is 14.1. The molecule has 0 aromatic heterocycles. The van der Waals surface area contributed by atoms with E-state index in [9.17, 15) is 36.2 Å². The highest BCUT2D eigenvalue weighted by Gasteiger charge is 2.24. The van der Waals surface area contributed by atoms with Gasteiger partial charge >= 0.3 is 0 Å². The lowest BCUT2D eigenvalue weighted by Gasteiger charge is -2.11. The van der Waals surface area contributed by atoms with Gasteiger partial charge in [-0.1, -0.05) is 6.07 Å². The molecule has 0 spiro atoms. The molecule has 0 bridgehead atoms. The fraction of sp³-hybridized carbons (Fsp3) is 0. The van der Waals surface area contributed by atoms with Crippen LogP contribution in [0.25, 0.3) is 32.7 Å². The number of nitrogens with two attached hydrogens (primary N) is 2. The van der Waals surface area contributed by atoms with E-state index in [0.717, 1.165) is 12.1 Å². The molecule has 0 saturated heterocycles. The number of anilines is 2. The number of rotatable bonds is 7. The number of fused-ring (bicyclic) bond motifs is 2. The van der Waals surface area contributed by atoms with Crippen molar-refractivity contribution in [1.82, 2.24) is 0 Å². The van der Waals surface area contributed by atoms with Crippen LogP contribution < -0.4 is 11.5 Å². The molecule has 0 amide bonds. The zero-order valence-electron chi connectivity index (χ0n) is 25.6. The van der Waals surface area contributed by atoms with Crippen molar-refractivity contribution in [2.45, 2.75) is 9.79 Å². The summed E-state index contributed by atoms with van der Waals surface area (Å²) in [4.78, 5) is -1.32. The Hall–Kier alpha value is -4.02. The van der Waals surface area contributed by atoms with Crippen molar-refractivity contribution in [3.8, 4) is 22.6 Å². The molecule has 0 aliphatic carbocycles. The zero-order valence-corrected chi connectivity index (χ0v) is 33.6. The van der Waals surface area contributed by atoms with E-state index in [2.05, 4.69) is 84.2 Å². The lowest BCUT2D eigenvalue weighted by atomic mass is 10.1. The third kappa shape index (κ3) is 7.42. The molecule has 0 aliphatic heterocycles. The molecule has 0 heterocycles. The minimum absolute atomic E-state index is 0.201. The van der Waals surface area contributed by atoms with E-state index in [4.69, 9.17) is 11.5 Å². The van der Waals surface area contributed by atoms with Gasteiger partial charge in [0, 0.05) is 40.0 Å². The van der Waals surface area contributed by atoms with Crippen LogP contribution in [0.2, 0.25) is 0 Å². The van der Waals surface area contributed by atoms with E-state index >= 15 is 0 Å². The van der Waals surface area contributed by atoms with Gasteiger partial charge < -0.3 is 21.7 Å². The largest absolute Gasteiger partial charge is 0.505 e. The third-order valence-corrected chi connectivity index (χ3v) is 11.7. The quantitative estimate of drug-likeness (QED) is 0.0501. The standard InChI is InChI=1S/C32H20Br4N6O8S2/c33-21-6-14(7-22(34)27(21)39-41-29-26(52(48,49)50)11-16-5-17(37)3-4-19(16)31(29)43)15-8-23(35)28(24(36)9-15)40-42-30-25(51(45,46)47)10-13-1-2-18(38)12-20(13)32(30)44/h1-12,43-44H,37-38H2,(H,45,46,47)(H,48,49,50). The molecular weight excluding hydrogens is 980 g/mol. The van der Waals surface area contributed by atoms with Crippen LogP contribution in [0, 0.1) is 0 Å². The van der Waals surface area contributed by atoms with Gasteiger partial charge in [-0.2, -0.15) is 16.8 Å². The van der Waals surface area contributed by atoms with E-state index in [-0.39, 0.29) is 27.5 Å². The summed E-state index contributed by atoms with van der Waals surface area (Å²) in [7, 11) is -9.66. The maximum atomic E-state index is 12.2. The first-order valence-electron chi connectivity index (χ1n) is 14.2. The third-order valence-electron chi connectivity index (χ3n) is 7.57. The summed E-state index contributed by atoms with van der Waals surface area (Å²) in [5.74, 6) is -1.08. The summed E-state index contributed by atoms with van der Waals surface area (Å²) < 4.78 is 70.3. The summed E-state index contributed by atoms with van der Waals surface area (Å²) >= 11 is 13.8. The van der Waals surface area contributed by atoms with Crippen molar-refractivity contribution in [1.29, 1.82) is 0 Å². The number of hydrogen-bond acceptors (Lipinski definition) is 12. The van der Waals surface area contributed by atoms with E-state index in [1.54, 1.807) is 24.3 Å². The average molecular weight is 1000 g/mol. The van der Waals surface area contributed by atoms with Crippen LogP contribution in [0.3, 0.4) is 0 Å². The van der Waals surface area contributed by atoms with Crippen LogP contribution in [0.15, 0.2) is 121 Å². The molecule has 0 unspecified atom stereocenters. The lowest BCUT2D eigenvalue weighted by Crippen LogP contribution is -1.99. The van der Waals surface area contributed by atoms with E-state index in [1.807, 2.05) is 0 Å². The number of benzene rings is 6. The Labute approximate surface area is 328 Å². The normalized spacial score (nSPS) is 12.5. The molecule has 6 aromatic rings. The number of aromatic hydroxyl groups is 2. The van der Waals surface area contributed by atoms with Gasteiger partial charge in [-0.25, -0.2) is 0 Å². The van der Waals surface area contributed by atoms with Gasteiger partial charge in [0.05, 0.1) is 0 Å². The van der Waals surface area contributed by atoms with E-state index in [1.165, 1.54) is 36.4 Å². The van der Waals surface area contributed by atoms with Gasteiger partial charge in [0.15, 0.2) is 11.5 Å². The molecule has 8 N–H and O–H groups in total. The van der Waals surface area contributed by atoms with Gasteiger partial charge in [0.1, 0.15) is 32.5 Å². The SMILES string of the molecule is Nc1ccc2c(O)c(N=Nc3c(Br)cc(-c4cc(Br)c(N=Nc5c(S(=O)(=O)O)cc6ccc(N)cc6c5O)c(Br)c4)cc3Br)c(S(=O)(=O)O)cc2c1. The van der Waals surface area contributed by atoms with Gasteiger partial charge in [-0.3, -0.25) is 9.11 Å². The Morgan fingerprint density at radius 2 is 0.865 bits per heavy atom. The molecule has 0 aliphatic rings. The maximum absolute atomic E-state index is 12.2. The number of azo groups is 2. The second-order valence-corrected chi connectivity index (χ2v) is 17.2. The monoisotopic (exact) mass is 996 g/mol. The number of nitrogens with zero attached hydrogens (tertiary/aromatic N) is 4. The molecule has 6 rings (SSSR count). The minimum Gasteiger partial charge on any atom is -0.505 e. The number of halogens is 4. The minimum atomic E-state index is -4.84. The Morgan fingerprint density at radius 3 is 1.33 bits per heavy atom. The van der Waals surface area contributed by atoms with Gasteiger partial charge in [-0.05, 0) is 152 Å². The first-order valence-corrected chi connectivity index (χ1v) is 20.3. The van der Waals surface area contributed by atoms with Crippen LogP contribution >= 0.6 is 63.7 Å². The Kier molecular flexibility index (Phi) is 10.2. The van der Waals surface area contributed by atoms with E-state index in [0.29, 0.717) is 45.8 Å². The molecular formula is C32H20Br4N6O8S2. The Bertz CT molecular complexity index is 2760. The summed E-state index contributed by atoms with van der Waals surface area (Å²) in [5.41, 5.74) is 13.0. The van der Waals surface area contributed by atoms with Gasteiger partial charge in [0.25, 0.3) is 20.2 Å². The maximum Gasteiger partial charge on any atom is 0.296 e.